The van der Waals surface area contributed by atoms with Gasteiger partial charge in [0.15, 0.2) is 0 Å². The van der Waals surface area contributed by atoms with E-state index in [0.29, 0.717) is 0 Å². The van der Waals surface area contributed by atoms with Gasteiger partial charge in [0.25, 0.3) is 0 Å². The molecule has 3 heterocycles. The molecule has 0 aromatic carbocycles. The SMILES string of the molecule is C1=CC=CC=1C#Cc1ccc(-c2ccc(-c3cccs3)s2)s1. The standard InChI is InChI=1S/C19H10S3/c1-2-5-14(4-1)7-8-15-9-10-18(21-15)19-12-11-17(22-19)16-6-3-13-20-16/h1-4,6,9-13H. The van der Waals surface area contributed by atoms with Crippen molar-refractivity contribution in [3.63, 3.8) is 0 Å². The second-order valence-electron chi connectivity index (χ2n) is 4.64. The van der Waals surface area contributed by atoms with Crippen LogP contribution >= 0.6 is 34.0 Å². The third kappa shape index (κ3) is 2.78. The Hall–Kier alpha value is -2.08. The first-order valence-electron chi connectivity index (χ1n) is 6.78. The van der Waals surface area contributed by atoms with Gasteiger partial charge >= 0.3 is 0 Å². The van der Waals surface area contributed by atoms with E-state index >= 15 is 0 Å². The molecular weight excluding hydrogens is 324 g/mol. The number of hydrogen-bond donors (Lipinski definition) is 0. The maximum absolute atomic E-state index is 3.22. The first kappa shape index (κ1) is 13.6. The molecule has 0 spiro atoms. The average molecular weight is 334 g/mol. The summed E-state index contributed by atoms with van der Waals surface area (Å²) < 4.78 is 0. The molecule has 4 rings (SSSR count). The van der Waals surface area contributed by atoms with E-state index < -0.39 is 0 Å². The molecule has 0 radical (unpaired) electrons. The number of allylic oxidation sites excluding steroid dienone is 3. The maximum atomic E-state index is 3.22. The van der Waals surface area contributed by atoms with E-state index in [1.807, 2.05) is 29.6 Å². The lowest BCUT2D eigenvalue weighted by atomic mass is 10.3. The predicted octanol–water partition coefficient (Wildman–Crippen LogP) is 6.21. The Labute approximate surface area is 141 Å². The molecule has 0 bridgehead atoms. The second-order valence-corrected chi connectivity index (χ2v) is 7.75. The Kier molecular flexibility index (Phi) is 3.68. The normalized spacial score (nSPS) is 12.3. The van der Waals surface area contributed by atoms with Crippen molar-refractivity contribution in [1.82, 2.24) is 0 Å². The molecule has 0 fully saturated rings. The molecule has 0 aliphatic heterocycles. The van der Waals surface area contributed by atoms with Crippen LogP contribution in [0.1, 0.15) is 4.88 Å². The van der Waals surface area contributed by atoms with Gasteiger partial charge in [-0.25, -0.2) is 0 Å². The summed E-state index contributed by atoms with van der Waals surface area (Å²) >= 11 is 5.37. The zero-order chi connectivity index (χ0) is 14.8. The first-order chi connectivity index (χ1) is 10.9. The number of thiophene rings is 3. The Morgan fingerprint density at radius 3 is 2.41 bits per heavy atom. The van der Waals surface area contributed by atoms with Crippen LogP contribution in [0.15, 0.2) is 71.3 Å². The zero-order valence-corrected chi connectivity index (χ0v) is 13.9. The Bertz CT molecular complexity index is 959. The van der Waals surface area contributed by atoms with Crippen molar-refractivity contribution in [2.45, 2.75) is 0 Å². The predicted molar refractivity (Wildman–Crippen MR) is 98.6 cm³/mol. The Morgan fingerprint density at radius 2 is 1.64 bits per heavy atom. The van der Waals surface area contributed by atoms with E-state index in [4.69, 9.17) is 0 Å². The van der Waals surface area contributed by atoms with Gasteiger partial charge in [-0.05, 0) is 47.9 Å². The summed E-state index contributed by atoms with van der Waals surface area (Å²) in [6, 6.07) is 12.9. The van der Waals surface area contributed by atoms with Crippen LogP contribution in [0.5, 0.6) is 0 Å². The lowest BCUT2D eigenvalue weighted by Crippen LogP contribution is -1.65. The number of hydrogen-bond acceptors (Lipinski definition) is 3. The molecule has 3 aromatic rings. The maximum Gasteiger partial charge on any atom is 0.0779 e. The fraction of sp³-hybridized carbons (Fsp3) is 0. The molecule has 3 aromatic heterocycles. The molecule has 22 heavy (non-hydrogen) atoms. The molecule has 0 saturated carbocycles. The highest BCUT2D eigenvalue weighted by Gasteiger charge is 2.07. The molecule has 1 aliphatic carbocycles. The van der Waals surface area contributed by atoms with E-state index in [9.17, 15) is 0 Å². The summed E-state index contributed by atoms with van der Waals surface area (Å²) in [5, 5.41) is 2.12. The largest absolute Gasteiger partial charge is 0.143 e. The molecule has 0 amide bonds. The van der Waals surface area contributed by atoms with Crippen LogP contribution in [0, 0.1) is 11.8 Å². The molecule has 0 saturated heterocycles. The molecule has 1 aliphatic rings. The highest BCUT2D eigenvalue weighted by atomic mass is 32.1. The van der Waals surface area contributed by atoms with Crippen LogP contribution in [0.2, 0.25) is 0 Å². The van der Waals surface area contributed by atoms with E-state index in [1.165, 1.54) is 19.5 Å². The van der Waals surface area contributed by atoms with Crippen LogP contribution in [0.4, 0.5) is 0 Å². The summed E-state index contributed by atoms with van der Waals surface area (Å²) in [6.07, 6.45) is 5.83. The van der Waals surface area contributed by atoms with Crippen molar-refractivity contribution in [2.24, 2.45) is 0 Å². The average Bonchev–Trinajstić information content (AvgIpc) is 3.33. The Morgan fingerprint density at radius 1 is 0.818 bits per heavy atom. The molecule has 0 N–H and O–H groups in total. The zero-order valence-electron chi connectivity index (χ0n) is 11.5. The highest BCUT2D eigenvalue weighted by Crippen LogP contribution is 2.38. The minimum absolute atomic E-state index is 0.950. The van der Waals surface area contributed by atoms with Gasteiger partial charge in [0.1, 0.15) is 0 Å². The van der Waals surface area contributed by atoms with Crippen LogP contribution in [-0.2, 0) is 0 Å². The highest BCUT2D eigenvalue weighted by molar-refractivity contribution is 7.26. The second kappa shape index (κ2) is 5.96. The van der Waals surface area contributed by atoms with Gasteiger partial charge in [-0.2, -0.15) is 0 Å². The first-order valence-corrected chi connectivity index (χ1v) is 9.29. The van der Waals surface area contributed by atoms with E-state index in [0.717, 1.165) is 10.5 Å². The Balaban J connectivity index is 1.59. The van der Waals surface area contributed by atoms with E-state index in [1.54, 1.807) is 22.7 Å². The molecule has 0 atom stereocenters. The van der Waals surface area contributed by atoms with Gasteiger partial charge in [0.2, 0.25) is 0 Å². The van der Waals surface area contributed by atoms with E-state index in [2.05, 4.69) is 59.4 Å². The summed E-state index contributed by atoms with van der Waals surface area (Å²) in [7, 11) is 0. The molecule has 0 unspecified atom stereocenters. The van der Waals surface area contributed by atoms with Crippen LogP contribution in [0.25, 0.3) is 19.5 Å². The monoisotopic (exact) mass is 334 g/mol. The summed E-state index contributed by atoms with van der Waals surface area (Å²) in [5.41, 5.74) is 4.05. The third-order valence-electron chi connectivity index (χ3n) is 3.14. The topological polar surface area (TPSA) is 0 Å². The van der Waals surface area contributed by atoms with E-state index in [-0.39, 0.29) is 0 Å². The number of rotatable bonds is 2. The summed E-state index contributed by atoms with van der Waals surface area (Å²) in [5.74, 6) is 6.36. The van der Waals surface area contributed by atoms with Gasteiger partial charge in [0, 0.05) is 19.5 Å². The van der Waals surface area contributed by atoms with Gasteiger partial charge in [0.05, 0.1) is 10.5 Å². The van der Waals surface area contributed by atoms with Crippen LogP contribution in [0.3, 0.4) is 0 Å². The smallest absolute Gasteiger partial charge is 0.0779 e. The van der Waals surface area contributed by atoms with Crippen molar-refractivity contribution in [2.75, 3.05) is 0 Å². The molecule has 104 valence electrons. The minimum Gasteiger partial charge on any atom is -0.143 e. The summed E-state index contributed by atoms with van der Waals surface area (Å²) in [6.45, 7) is 0. The van der Waals surface area contributed by atoms with Gasteiger partial charge in [-0.15, -0.1) is 39.7 Å². The van der Waals surface area contributed by atoms with Gasteiger partial charge in [-0.3, -0.25) is 0 Å². The summed E-state index contributed by atoms with van der Waals surface area (Å²) in [4.78, 5) is 6.34. The molecule has 0 nitrogen and oxygen atoms in total. The van der Waals surface area contributed by atoms with Gasteiger partial charge < -0.3 is 0 Å². The van der Waals surface area contributed by atoms with Crippen molar-refractivity contribution in [1.29, 1.82) is 0 Å². The van der Waals surface area contributed by atoms with Gasteiger partial charge in [-0.1, -0.05) is 24.0 Å². The lowest BCUT2D eigenvalue weighted by Gasteiger charge is -1.90. The van der Waals surface area contributed by atoms with Crippen molar-refractivity contribution < 1.29 is 0 Å². The van der Waals surface area contributed by atoms with Crippen LogP contribution < -0.4 is 0 Å². The fourth-order valence-corrected chi connectivity index (χ4v) is 4.89. The molecule has 3 heteroatoms. The van der Waals surface area contributed by atoms with Crippen LogP contribution in [-0.4, -0.2) is 0 Å². The van der Waals surface area contributed by atoms with Crippen molar-refractivity contribution in [3.05, 3.63) is 76.2 Å². The quantitative estimate of drug-likeness (QED) is 0.386. The minimum atomic E-state index is 0.950. The van der Waals surface area contributed by atoms with Crippen molar-refractivity contribution >= 4 is 34.0 Å². The third-order valence-corrected chi connectivity index (χ3v) is 6.48. The lowest BCUT2D eigenvalue weighted by molar-refractivity contribution is 1.85. The fourth-order valence-electron chi connectivity index (χ4n) is 2.10. The van der Waals surface area contributed by atoms with Crippen molar-refractivity contribution in [3.8, 4) is 31.3 Å². The molecular formula is C19H10S3.